The molecule has 0 atom stereocenters. The smallest absolute Gasteiger partial charge is 0.354 e. The molecule has 0 aromatic heterocycles. The van der Waals surface area contributed by atoms with Crippen molar-refractivity contribution in [2.24, 2.45) is 0 Å². The van der Waals surface area contributed by atoms with Crippen LogP contribution in [-0.4, -0.2) is 29.2 Å². The highest BCUT2D eigenvalue weighted by atomic mass is 16.4. The molecule has 1 aliphatic heterocycles. The Morgan fingerprint density at radius 1 is 1.05 bits per heavy atom. The van der Waals surface area contributed by atoms with Gasteiger partial charge in [-0.15, -0.1) is 6.58 Å². The summed E-state index contributed by atoms with van der Waals surface area (Å²) in [6.07, 6.45) is 5.11. The van der Waals surface area contributed by atoms with Crippen molar-refractivity contribution in [3.63, 3.8) is 0 Å². The van der Waals surface area contributed by atoms with Gasteiger partial charge in [0.1, 0.15) is 0 Å². The average Bonchev–Trinajstić information content (AvgIpc) is 2.90. The lowest BCUT2D eigenvalue weighted by molar-refractivity contribution is -0.129. The number of nitrogens with zero attached hydrogens (tertiary/aromatic N) is 1. The molecule has 3 aromatic rings. The first-order chi connectivity index (χ1) is 18.2. The summed E-state index contributed by atoms with van der Waals surface area (Å²) in [5.41, 5.74) is 6.82. The molecule has 1 aliphatic rings. The van der Waals surface area contributed by atoms with Crippen LogP contribution in [0.15, 0.2) is 78.9 Å². The second-order valence-corrected chi connectivity index (χ2v) is 9.33. The summed E-state index contributed by atoms with van der Waals surface area (Å²) in [7, 11) is 0. The molecule has 0 unspecified atom stereocenters. The maximum Gasteiger partial charge on any atom is 0.354 e. The predicted octanol–water partition coefficient (Wildman–Crippen LogP) is 7.01. The van der Waals surface area contributed by atoms with E-state index >= 15 is 0 Å². The molecular weight excluding hydrogens is 474 g/mol. The minimum Gasteiger partial charge on any atom is -0.477 e. The van der Waals surface area contributed by atoms with Crippen molar-refractivity contribution in [2.75, 3.05) is 16.8 Å². The Balaban J connectivity index is 0.00000127. The summed E-state index contributed by atoms with van der Waals surface area (Å²) in [5, 5.41) is 20.3. The van der Waals surface area contributed by atoms with Crippen LogP contribution >= 0.6 is 0 Å². The zero-order chi connectivity index (χ0) is 27.8. The fraction of sp³-hybridized carbons (Fsp3) is 0.219. The molecule has 0 radical (unpaired) electrons. The first-order valence-corrected chi connectivity index (χ1v) is 12.6. The zero-order valence-corrected chi connectivity index (χ0v) is 22.5. The highest BCUT2D eigenvalue weighted by Gasteiger charge is 2.23. The van der Waals surface area contributed by atoms with Gasteiger partial charge in [-0.1, -0.05) is 42.0 Å². The van der Waals surface area contributed by atoms with Crippen LogP contribution in [0.1, 0.15) is 41.2 Å². The fourth-order valence-electron chi connectivity index (χ4n) is 4.31. The van der Waals surface area contributed by atoms with Gasteiger partial charge in [0.25, 0.3) is 5.91 Å². The van der Waals surface area contributed by atoms with E-state index in [1.165, 1.54) is 11.6 Å². The number of allylic oxidation sites excluding steroid dienone is 1. The molecule has 0 bridgehead atoms. The molecule has 0 saturated carbocycles. The molecule has 1 amide bonds. The number of anilines is 3. The van der Waals surface area contributed by atoms with Gasteiger partial charge in [-0.2, -0.15) is 0 Å². The van der Waals surface area contributed by atoms with Gasteiger partial charge in [0.2, 0.25) is 0 Å². The lowest BCUT2D eigenvalue weighted by Crippen LogP contribution is -2.26. The number of rotatable bonds is 6. The largest absolute Gasteiger partial charge is 0.477 e. The van der Waals surface area contributed by atoms with Crippen LogP contribution in [0, 0.1) is 26.2 Å². The van der Waals surface area contributed by atoms with E-state index in [1.54, 1.807) is 12.1 Å². The fourth-order valence-corrected chi connectivity index (χ4v) is 4.31. The standard InChI is InChI=1S/C29H29N3O3.C3H6/c1-18-9-12-23(13-10-18)32-15-5-7-22-16-21(11-14-26(22)32)17-24(27(30)29(34)35)28(33)31-25-8-4-6-19(2)20(25)3;1-3-2/h4,6,8-14,16-17,30H,5,7,15H2,1-3H3,(H,31,33)(H,34,35);3H,1H2,2H3/b24-17-,30-27?;. The maximum absolute atomic E-state index is 13.1. The van der Waals surface area contributed by atoms with E-state index in [2.05, 4.69) is 48.0 Å². The molecule has 1 heterocycles. The van der Waals surface area contributed by atoms with E-state index in [9.17, 15) is 14.7 Å². The average molecular weight is 510 g/mol. The summed E-state index contributed by atoms with van der Waals surface area (Å²) in [4.78, 5) is 27.0. The highest BCUT2D eigenvalue weighted by molar-refractivity contribution is 6.50. The minimum absolute atomic E-state index is 0.190. The zero-order valence-electron chi connectivity index (χ0n) is 22.5. The minimum atomic E-state index is -1.45. The van der Waals surface area contributed by atoms with Crippen LogP contribution in [0.25, 0.3) is 6.08 Å². The van der Waals surface area contributed by atoms with Crippen LogP contribution < -0.4 is 10.2 Å². The quantitative estimate of drug-likeness (QED) is 0.189. The van der Waals surface area contributed by atoms with Crippen molar-refractivity contribution in [1.29, 1.82) is 5.41 Å². The number of fused-ring (bicyclic) bond motifs is 1. The Morgan fingerprint density at radius 2 is 1.74 bits per heavy atom. The number of carboxylic acids is 1. The first-order valence-electron chi connectivity index (χ1n) is 12.6. The number of hydrogen-bond acceptors (Lipinski definition) is 4. The third kappa shape index (κ3) is 6.65. The number of carbonyl (C=O) groups is 2. The van der Waals surface area contributed by atoms with E-state index in [4.69, 9.17) is 5.41 Å². The molecular formula is C32H35N3O3. The molecule has 0 fully saturated rings. The van der Waals surface area contributed by atoms with Crippen LogP contribution in [-0.2, 0) is 16.0 Å². The number of carboxylic acid groups (broad SMARTS) is 1. The van der Waals surface area contributed by atoms with Gasteiger partial charge >= 0.3 is 5.97 Å². The monoisotopic (exact) mass is 509 g/mol. The van der Waals surface area contributed by atoms with Crippen molar-refractivity contribution in [2.45, 2.75) is 40.5 Å². The molecule has 3 aromatic carbocycles. The molecule has 0 aliphatic carbocycles. The number of amides is 1. The number of hydrogen-bond donors (Lipinski definition) is 3. The number of nitrogens with one attached hydrogen (secondary N) is 2. The molecule has 0 spiro atoms. The van der Waals surface area contributed by atoms with Crippen LogP contribution in [0.2, 0.25) is 0 Å². The molecule has 196 valence electrons. The SMILES string of the molecule is C=CC.Cc1ccc(N2CCCc3cc(/C=C(/C(=N)C(=O)O)C(=O)Nc4cccc(C)c4C)ccc32)cc1. The van der Waals surface area contributed by atoms with Crippen LogP contribution in [0.4, 0.5) is 17.1 Å². The summed E-state index contributed by atoms with van der Waals surface area (Å²) in [6, 6.07) is 19.8. The van der Waals surface area contributed by atoms with E-state index in [0.29, 0.717) is 11.3 Å². The molecule has 6 nitrogen and oxygen atoms in total. The Kier molecular flexibility index (Phi) is 9.39. The van der Waals surface area contributed by atoms with E-state index in [1.807, 2.05) is 51.1 Å². The summed E-state index contributed by atoms with van der Waals surface area (Å²) in [6.45, 7) is 12.1. The van der Waals surface area contributed by atoms with Gasteiger partial charge in [-0.25, -0.2) is 4.79 Å². The van der Waals surface area contributed by atoms with E-state index < -0.39 is 17.6 Å². The third-order valence-electron chi connectivity index (χ3n) is 6.46. The van der Waals surface area contributed by atoms with Gasteiger partial charge in [-0.05, 0) is 99.2 Å². The first kappa shape index (κ1) is 28.1. The van der Waals surface area contributed by atoms with Crippen LogP contribution in [0.5, 0.6) is 0 Å². The second kappa shape index (κ2) is 12.7. The van der Waals surface area contributed by atoms with Gasteiger partial charge < -0.3 is 15.3 Å². The van der Waals surface area contributed by atoms with Crippen molar-refractivity contribution < 1.29 is 14.7 Å². The molecule has 4 rings (SSSR count). The number of benzene rings is 3. The van der Waals surface area contributed by atoms with Crippen molar-refractivity contribution in [1.82, 2.24) is 0 Å². The van der Waals surface area contributed by atoms with Gasteiger partial charge in [-0.3, -0.25) is 10.2 Å². The molecule has 3 N–H and O–H groups in total. The summed E-state index contributed by atoms with van der Waals surface area (Å²) >= 11 is 0. The Bertz CT molecular complexity index is 1390. The van der Waals surface area contributed by atoms with Crippen molar-refractivity contribution in [3.05, 3.63) is 107 Å². The summed E-state index contributed by atoms with van der Waals surface area (Å²) < 4.78 is 0. The predicted molar refractivity (Wildman–Crippen MR) is 157 cm³/mol. The summed E-state index contributed by atoms with van der Waals surface area (Å²) in [5.74, 6) is -2.07. The molecule has 0 saturated heterocycles. The lowest BCUT2D eigenvalue weighted by Gasteiger charge is -2.31. The molecule has 6 heteroatoms. The van der Waals surface area contributed by atoms with E-state index in [0.717, 1.165) is 47.5 Å². The van der Waals surface area contributed by atoms with Crippen molar-refractivity contribution in [3.8, 4) is 0 Å². The number of aryl methyl sites for hydroxylation is 3. The topological polar surface area (TPSA) is 93.5 Å². The van der Waals surface area contributed by atoms with Gasteiger partial charge in [0.05, 0.1) is 5.57 Å². The number of carbonyl (C=O) groups excluding carboxylic acids is 1. The normalized spacial score (nSPS) is 12.5. The van der Waals surface area contributed by atoms with Gasteiger partial charge in [0.15, 0.2) is 5.71 Å². The Hall–Kier alpha value is -4.45. The number of aliphatic carboxylic acids is 1. The lowest BCUT2D eigenvalue weighted by atomic mass is 9.96. The van der Waals surface area contributed by atoms with Gasteiger partial charge in [0, 0.05) is 23.6 Å². The highest BCUT2D eigenvalue weighted by Crippen LogP contribution is 2.34. The second-order valence-electron chi connectivity index (χ2n) is 9.33. The Morgan fingerprint density at radius 3 is 2.39 bits per heavy atom. The van der Waals surface area contributed by atoms with Crippen LogP contribution in [0.3, 0.4) is 0 Å². The third-order valence-corrected chi connectivity index (χ3v) is 6.46. The van der Waals surface area contributed by atoms with E-state index in [-0.39, 0.29) is 5.57 Å². The Labute approximate surface area is 224 Å². The maximum atomic E-state index is 13.1. The van der Waals surface area contributed by atoms with Crippen molar-refractivity contribution >= 4 is 40.7 Å². The molecule has 38 heavy (non-hydrogen) atoms.